The molecule has 2 N–H and O–H groups in total. The minimum Gasteiger partial charge on any atom is -0.444 e. The molecule has 1 aliphatic heterocycles. The third-order valence-electron chi connectivity index (χ3n) is 1.75. The van der Waals surface area contributed by atoms with Crippen LogP contribution in [0.5, 0.6) is 0 Å². The van der Waals surface area contributed by atoms with Crippen molar-refractivity contribution in [3.8, 4) is 0 Å². The van der Waals surface area contributed by atoms with E-state index in [4.69, 9.17) is 15.2 Å². The number of nitrogens with zero attached hydrogens (tertiary/aromatic N) is 1. The van der Waals surface area contributed by atoms with Gasteiger partial charge in [0.25, 0.3) is 0 Å². The second-order valence-electron chi connectivity index (χ2n) is 4.34. The van der Waals surface area contributed by atoms with Crippen LogP contribution < -0.4 is 5.73 Å². The predicted molar refractivity (Wildman–Crippen MR) is 51.7 cm³/mol. The van der Waals surface area contributed by atoms with Crippen LogP contribution in [0.3, 0.4) is 0 Å². The van der Waals surface area contributed by atoms with Gasteiger partial charge in [0.15, 0.2) is 0 Å². The lowest BCUT2D eigenvalue weighted by Gasteiger charge is -2.32. The van der Waals surface area contributed by atoms with E-state index in [-0.39, 0.29) is 6.09 Å². The lowest BCUT2D eigenvalue weighted by atomic mass is 10.2. The molecule has 0 bridgehead atoms. The summed E-state index contributed by atoms with van der Waals surface area (Å²) >= 11 is 0. The Kier molecular flexibility index (Phi) is 3.34. The molecular formula is C9H18N2O3. The Bertz CT molecular complexity index is 213. The third-order valence-corrected chi connectivity index (χ3v) is 1.75. The maximum atomic E-state index is 11.6. The highest BCUT2D eigenvalue weighted by molar-refractivity contribution is 5.68. The molecule has 1 heterocycles. The van der Waals surface area contributed by atoms with Gasteiger partial charge in [0.2, 0.25) is 0 Å². The molecule has 5 nitrogen and oxygen atoms in total. The highest BCUT2D eigenvalue weighted by atomic mass is 16.6. The van der Waals surface area contributed by atoms with E-state index in [1.807, 2.05) is 20.8 Å². The number of hydrogen-bond acceptors (Lipinski definition) is 4. The van der Waals surface area contributed by atoms with Gasteiger partial charge < -0.3 is 20.1 Å². The smallest absolute Gasteiger partial charge is 0.410 e. The number of rotatable bonds is 0. The first kappa shape index (κ1) is 11.3. The summed E-state index contributed by atoms with van der Waals surface area (Å²) in [5.41, 5.74) is 5.10. The Labute approximate surface area is 84.1 Å². The Morgan fingerprint density at radius 1 is 1.57 bits per heavy atom. The minimum atomic E-state index is -0.459. The molecule has 1 unspecified atom stereocenters. The van der Waals surface area contributed by atoms with Crippen molar-refractivity contribution in [1.29, 1.82) is 0 Å². The molecule has 1 atom stereocenters. The van der Waals surface area contributed by atoms with Crippen molar-refractivity contribution < 1.29 is 14.3 Å². The first-order valence-electron chi connectivity index (χ1n) is 4.73. The van der Waals surface area contributed by atoms with E-state index >= 15 is 0 Å². The monoisotopic (exact) mass is 202 g/mol. The summed E-state index contributed by atoms with van der Waals surface area (Å²) in [7, 11) is 0. The molecule has 0 radical (unpaired) electrons. The zero-order valence-corrected chi connectivity index (χ0v) is 8.95. The fourth-order valence-corrected chi connectivity index (χ4v) is 1.17. The van der Waals surface area contributed by atoms with Crippen LogP contribution in [0.15, 0.2) is 0 Å². The predicted octanol–water partition coefficient (Wildman–Crippen LogP) is 0.539. The largest absolute Gasteiger partial charge is 0.444 e. The molecule has 1 aliphatic rings. The molecule has 0 aromatic rings. The summed E-state index contributed by atoms with van der Waals surface area (Å²) in [4.78, 5) is 13.1. The van der Waals surface area contributed by atoms with Gasteiger partial charge in [0.1, 0.15) is 11.8 Å². The molecule has 0 aromatic carbocycles. The van der Waals surface area contributed by atoms with Gasteiger partial charge in [-0.2, -0.15) is 0 Å². The van der Waals surface area contributed by atoms with Crippen LogP contribution in [-0.2, 0) is 9.47 Å². The van der Waals surface area contributed by atoms with Gasteiger partial charge in [0, 0.05) is 6.54 Å². The molecule has 5 heteroatoms. The van der Waals surface area contributed by atoms with E-state index in [1.54, 1.807) is 4.90 Å². The van der Waals surface area contributed by atoms with E-state index in [1.165, 1.54) is 0 Å². The molecule has 0 aromatic heterocycles. The fraction of sp³-hybridized carbons (Fsp3) is 0.889. The zero-order valence-electron chi connectivity index (χ0n) is 8.95. The molecular weight excluding hydrogens is 184 g/mol. The maximum Gasteiger partial charge on any atom is 0.410 e. The van der Waals surface area contributed by atoms with E-state index in [0.717, 1.165) is 0 Å². The maximum absolute atomic E-state index is 11.6. The zero-order chi connectivity index (χ0) is 10.8. The lowest BCUT2D eigenvalue weighted by Crippen LogP contribution is -2.50. The Morgan fingerprint density at radius 3 is 2.71 bits per heavy atom. The van der Waals surface area contributed by atoms with Gasteiger partial charge in [-0.15, -0.1) is 0 Å². The number of carbonyl (C=O) groups excluding carboxylic acids is 1. The molecule has 1 rings (SSSR count). The fourth-order valence-electron chi connectivity index (χ4n) is 1.17. The number of hydrogen-bond donors (Lipinski definition) is 1. The SMILES string of the molecule is CC(C)(C)OC(=O)N1CCOC(N)C1. The van der Waals surface area contributed by atoms with Crippen molar-refractivity contribution in [1.82, 2.24) is 4.90 Å². The van der Waals surface area contributed by atoms with Crippen LogP contribution in [0.4, 0.5) is 4.79 Å². The average molecular weight is 202 g/mol. The molecule has 0 aliphatic carbocycles. The summed E-state index contributed by atoms with van der Waals surface area (Å²) < 4.78 is 10.3. The number of nitrogens with two attached hydrogens (primary N) is 1. The highest BCUT2D eigenvalue weighted by Crippen LogP contribution is 2.11. The molecule has 1 fully saturated rings. The van der Waals surface area contributed by atoms with Gasteiger partial charge in [0.05, 0.1) is 13.2 Å². The normalized spacial score (nSPS) is 23.4. The first-order chi connectivity index (χ1) is 6.38. The molecule has 0 saturated carbocycles. The Balaban J connectivity index is 2.44. The van der Waals surface area contributed by atoms with E-state index in [0.29, 0.717) is 19.7 Å². The number of morpholine rings is 1. The van der Waals surface area contributed by atoms with Crippen molar-refractivity contribution in [2.45, 2.75) is 32.6 Å². The van der Waals surface area contributed by atoms with Gasteiger partial charge in [-0.25, -0.2) is 4.79 Å². The number of ether oxygens (including phenoxy) is 2. The summed E-state index contributed by atoms with van der Waals surface area (Å²) in [6.07, 6.45) is -0.715. The topological polar surface area (TPSA) is 64.8 Å². The second kappa shape index (κ2) is 4.14. The first-order valence-corrected chi connectivity index (χ1v) is 4.73. The quantitative estimate of drug-likeness (QED) is 0.622. The van der Waals surface area contributed by atoms with Crippen LogP contribution in [0.25, 0.3) is 0 Å². The van der Waals surface area contributed by atoms with Crippen molar-refractivity contribution in [3.63, 3.8) is 0 Å². The van der Waals surface area contributed by atoms with Gasteiger partial charge in [-0.1, -0.05) is 0 Å². The molecule has 1 amide bonds. The van der Waals surface area contributed by atoms with Gasteiger partial charge in [-0.3, -0.25) is 0 Å². The molecule has 0 spiro atoms. The van der Waals surface area contributed by atoms with Crippen molar-refractivity contribution in [3.05, 3.63) is 0 Å². The van der Waals surface area contributed by atoms with Crippen molar-refractivity contribution >= 4 is 6.09 Å². The molecule has 1 saturated heterocycles. The molecule has 14 heavy (non-hydrogen) atoms. The van der Waals surface area contributed by atoms with Gasteiger partial charge >= 0.3 is 6.09 Å². The van der Waals surface area contributed by atoms with Crippen LogP contribution in [0.1, 0.15) is 20.8 Å². The lowest BCUT2D eigenvalue weighted by molar-refractivity contribution is -0.0395. The van der Waals surface area contributed by atoms with Crippen LogP contribution in [0, 0.1) is 0 Å². The van der Waals surface area contributed by atoms with Crippen LogP contribution >= 0.6 is 0 Å². The van der Waals surface area contributed by atoms with E-state index in [2.05, 4.69) is 0 Å². The van der Waals surface area contributed by atoms with Crippen molar-refractivity contribution in [2.75, 3.05) is 19.7 Å². The Morgan fingerprint density at radius 2 is 2.21 bits per heavy atom. The van der Waals surface area contributed by atoms with Crippen LogP contribution in [-0.4, -0.2) is 42.5 Å². The third kappa shape index (κ3) is 3.51. The summed E-state index contributed by atoms with van der Waals surface area (Å²) in [5.74, 6) is 0. The highest BCUT2D eigenvalue weighted by Gasteiger charge is 2.26. The van der Waals surface area contributed by atoms with Gasteiger partial charge in [-0.05, 0) is 20.8 Å². The van der Waals surface area contributed by atoms with E-state index < -0.39 is 11.8 Å². The van der Waals surface area contributed by atoms with E-state index in [9.17, 15) is 4.79 Å². The summed E-state index contributed by atoms with van der Waals surface area (Å²) in [6, 6.07) is 0. The minimum absolute atomic E-state index is 0.323. The van der Waals surface area contributed by atoms with Crippen molar-refractivity contribution in [2.24, 2.45) is 5.73 Å². The Hall–Kier alpha value is -0.810. The molecule has 82 valence electrons. The second-order valence-corrected chi connectivity index (χ2v) is 4.34. The summed E-state index contributed by atoms with van der Waals surface area (Å²) in [6.45, 7) is 6.93. The number of carbonyl (C=O) groups is 1. The van der Waals surface area contributed by atoms with Crippen LogP contribution in [0.2, 0.25) is 0 Å². The summed E-state index contributed by atoms with van der Waals surface area (Å²) in [5, 5.41) is 0. The standard InChI is InChI=1S/C9H18N2O3/c1-9(2,3)14-8(12)11-4-5-13-7(10)6-11/h7H,4-6,10H2,1-3H3. The number of amides is 1. The average Bonchev–Trinajstić information content (AvgIpc) is 2.01.